The fraction of sp³-hybridized carbons (Fsp3) is 0.179. The number of aromatic nitrogens is 6. The van der Waals surface area contributed by atoms with Crippen LogP contribution >= 0.6 is 0 Å². The van der Waals surface area contributed by atoms with Crippen LogP contribution in [0.3, 0.4) is 0 Å². The van der Waals surface area contributed by atoms with E-state index in [1.54, 1.807) is 12.4 Å². The molecule has 0 aliphatic carbocycles. The monoisotopic (exact) mass is 498 g/mol. The quantitative estimate of drug-likeness (QED) is 0.288. The van der Waals surface area contributed by atoms with Gasteiger partial charge >= 0.3 is 0 Å². The summed E-state index contributed by atoms with van der Waals surface area (Å²) in [7, 11) is 0. The molecule has 0 amide bonds. The molecule has 0 spiro atoms. The highest BCUT2D eigenvalue weighted by Gasteiger charge is 2.10. The molecule has 7 nitrogen and oxygen atoms in total. The highest BCUT2D eigenvalue weighted by atomic mass is 19.1. The number of hydrogen-bond acceptors (Lipinski definition) is 5. The summed E-state index contributed by atoms with van der Waals surface area (Å²) in [6, 6.07) is 13.4. The standard InChI is InChI=1S/C28H24F2N6O/c1-2-3-9-35-18-23(16-33-35)22-14-31-28(32-15-22)20-6-4-5-19(10-20)17-36-27(37)8-7-26(34-36)21-11-24(29)13-25(30)12-21/h4-8,10-16,18H,2-3,9,17H2,1H3. The van der Waals surface area contributed by atoms with E-state index in [1.807, 2.05) is 41.3 Å². The largest absolute Gasteiger partial charge is 0.272 e. The van der Waals surface area contributed by atoms with Gasteiger partial charge in [0.25, 0.3) is 5.56 Å². The van der Waals surface area contributed by atoms with Crippen LogP contribution in [0.4, 0.5) is 8.78 Å². The summed E-state index contributed by atoms with van der Waals surface area (Å²) in [5.41, 5.74) is 3.66. The van der Waals surface area contributed by atoms with E-state index in [0.717, 1.165) is 47.7 Å². The van der Waals surface area contributed by atoms with Crippen molar-refractivity contribution < 1.29 is 8.78 Å². The SMILES string of the molecule is CCCCn1cc(-c2cnc(-c3cccc(Cn4nc(-c5cc(F)cc(F)c5)ccc4=O)c3)nc2)cn1. The predicted octanol–water partition coefficient (Wildman–Crippen LogP) is 5.36. The lowest BCUT2D eigenvalue weighted by Crippen LogP contribution is -2.22. The molecule has 2 aromatic carbocycles. The van der Waals surface area contributed by atoms with E-state index in [-0.39, 0.29) is 17.7 Å². The van der Waals surface area contributed by atoms with Crippen LogP contribution in [-0.4, -0.2) is 29.5 Å². The van der Waals surface area contributed by atoms with Crippen molar-refractivity contribution in [1.82, 2.24) is 29.5 Å². The van der Waals surface area contributed by atoms with Crippen LogP contribution in [0.1, 0.15) is 25.3 Å². The molecule has 0 aliphatic rings. The predicted molar refractivity (Wildman–Crippen MR) is 137 cm³/mol. The van der Waals surface area contributed by atoms with Crippen LogP contribution < -0.4 is 5.56 Å². The van der Waals surface area contributed by atoms with Gasteiger partial charge in [-0.25, -0.2) is 23.4 Å². The first-order valence-corrected chi connectivity index (χ1v) is 12.0. The summed E-state index contributed by atoms with van der Waals surface area (Å²) >= 11 is 0. The van der Waals surface area contributed by atoms with Gasteiger partial charge in [0, 0.05) is 59.5 Å². The number of rotatable bonds is 8. The Morgan fingerprint density at radius 1 is 0.838 bits per heavy atom. The maximum Gasteiger partial charge on any atom is 0.267 e. The average molecular weight is 499 g/mol. The van der Waals surface area contributed by atoms with Gasteiger partial charge in [0.2, 0.25) is 0 Å². The Hall–Kier alpha value is -4.53. The lowest BCUT2D eigenvalue weighted by Gasteiger charge is -2.09. The van der Waals surface area contributed by atoms with E-state index < -0.39 is 11.6 Å². The minimum Gasteiger partial charge on any atom is -0.272 e. The van der Waals surface area contributed by atoms with E-state index in [9.17, 15) is 13.6 Å². The van der Waals surface area contributed by atoms with Crippen molar-refractivity contribution >= 4 is 0 Å². The Morgan fingerprint density at radius 3 is 2.38 bits per heavy atom. The molecular formula is C28H24F2N6O. The molecule has 0 saturated heterocycles. The molecule has 9 heteroatoms. The first-order valence-electron chi connectivity index (χ1n) is 12.0. The van der Waals surface area contributed by atoms with Crippen molar-refractivity contribution in [2.45, 2.75) is 32.9 Å². The van der Waals surface area contributed by atoms with E-state index >= 15 is 0 Å². The summed E-state index contributed by atoms with van der Waals surface area (Å²) < 4.78 is 30.5. The van der Waals surface area contributed by atoms with Gasteiger partial charge in [-0.2, -0.15) is 10.2 Å². The lowest BCUT2D eigenvalue weighted by molar-refractivity contribution is 0.572. The molecule has 37 heavy (non-hydrogen) atoms. The zero-order valence-corrected chi connectivity index (χ0v) is 20.2. The second-order valence-corrected chi connectivity index (χ2v) is 8.71. The van der Waals surface area contributed by atoms with Crippen molar-refractivity contribution in [3.05, 3.63) is 107 Å². The molecule has 0 radical (unpaired) electrons. The molecular weight excluding hydrogens is 474 g/mol. The number of nitrogens with zero attached hydrogens (tertiary/aromatic N) is 6. The van der Waals surface area contributed by atoms with Crippen molar-refractivity contribution in [1.29, 1.82) is 0 Å². The van der Waals surface area contributed by atoms with Gasteiger partial charge < -0.3 is 0 Å². The number of unbranched alkanes of at least 4 members (excludes halogenated alkanes) is 1. The van der Waals surface area contributed by atoms with Crippen LogP contribution in [-0.2, 0) is 13.1 Å². The topological polar surface area (TPSA) is 78.5 Å². The van der Waals surface area contributed by atoms with Gasteiger partial charge in [0.15, 0.2) is 5.82 Å². The fourth-order valence-electron chi connectivity index (χ4n) is 3.98. The van der Waals surface area contributed by atoms with Crippen LogP contribution in [0.5, 0.6) is 0 Å². The number of halogens is 2. The number of aryl methyl sites for hydroxylation is 1. The summed E-state index contributed by atoms with van der Waals surface area (Å²) in [6.45, 7) is 3.20. The third-order valence-electron chi connectivity index (χ3n) is 5.90. The van der Waals surface area contributed by atoms with E-state index in [4.69, 9.17) is 0 Å². The van der Waals surface area contributed by atoms with Gasteiger partial charge in [0.1, 0.15) is 11.6 Å². The van der Waals surface area contributed by atoms with Gasteiger partial charge in [0.05, 0.1) is 18.4 Å². The molecule has 0 fully saturated rings. The van der Waals surface area contributed by atoms with Gasteiger partial charge in [-0.3, -0.25) is 9.48 Å². The lowest BCUT2D eigenvalue weighted by atomic mass is 10.1. The molecule has 5 aromatic rings. The minimum absolute atomic E-state index is 0.174. The molecule has 0 N–H and O–H groups in total. The third kappa shape index (κ3) is 5.66. The molecule has 186 valence electrons. The maximum absolute atomic E-state index is 13.7. The molecule has 0 aliphatic heterocycles. The maximum atomic E-state index is 13.7. The second-order valence-electron chi connectivity index (χ2n) is 8.71. The second kappa shape index (κ2) is 10.6. The van der Waals surface area contributed by atoms with E-state index in [1.165, 1.54) is 28.9 Å². The Kier molecular flexibility index (Phi) is 6.93. The summed E-state index contributed by atoms with van der Waals surface area (Å²) in [4.78, 5) is 21.5. The third-order valence-corrected chi connectivity index (χ3v) is 5.90. The van der Waals surface area contributed by atoms with Crippen LogP contribution in [0, 0.1) is 11.6 Å². The fourth-order valence-corrected chi connectivity index (χ4v) is 3.98. The highest BCUT2D eigenvalue weighted by Crippen LogP contribution is 2.22. The Labute approximate surface area is 212 Å². The molecule has 0 unspecified atom stereocenters. The molecule has 0 bridgehead atoms. The average Bonchev–Trinajstić information content (AvgIpc) is 3.37. The van der Waals surface area contributed by atoms with Crippen molar-refractivity contribution in [3.8, 4) is 33.8 Å². The molecule has 3 aromatic heterocycles. The van der Waals surface area contributed by atoms with Gasteiger partial charge in [-0.1, -0.05) is 31.5 Å². The normalized spacial score (nSPS) is 11.1. The van der Waals surface area contributed by atoms with Crippen LogP contribution in [0.2, 0.25) is 0 Å². The van der Waals surface area contributed by atoms with E-state index in [0.29, 0.717) is 11.5 Å². The van der Waals surface area contributed by atoms with E-state index in [2.05, 4.69) is 27.1 Å². The first-order chi connectivity index (χ1) is 18.0. The summed E-state index contributed by atoms with van der Waals surface area (Å²) in [5, 5.41) is 8.71. The first kappa shape index (κ1) is 24.2. The zero-order valence-electron chi connectivity index (χ0n) is 20.2. The number of benzene rings is 2. The van der Waals surface area contributed by atoms with Crippen molar-refractivity contribution in [2.75, 3.05) is 0 Å². The summed E-state index contributed by atoms with van der Waals surface area (Å²) in [5.74, 6) is -0.870. The van der Waals surface area contributed by atoms with Gasteiger partial charge in [-0.05, 0) is 36.2 Å². The highest BCUT2D eigenvalue weighted by molar-refractivity contribution is 5.63. The molecule has 0 atom stereocenters. The summed E-state index contributed by atoms with van der Waals surface area (Å²) in [6.07, 6.45) is 9.52. The Bertz CT molecular complexity index is 1570. The van der Waals surface area contributed by atoms with Crippen LogP contribution in [0.25, 0.3) is 33.8 Å². The molecule has 3 heterocycles. The Balaban J connectivity index is 1.36. The molecule has 0 saturated carbocycles. The minimum atomic E-state index is -0.710. The smallest absolute Gasteiger partial charge is 0.267 e. The Morgan fingerprint density at radius 2 is 1.62 bits per heavy atom. The van der Waals surface area contributed by atoms with Crippen LogP contribution in [0.15, 0.2) is 84.2 Å². The van der Waals surface area contributed by atoms with Gasteiger partial charge in [-0.15, -0.1) is 0 Å². The van der Waals surface area contributed by atoms with Crippen molar-refractivity contribution in [3.63, 3.8) is 0 Å². The molecule has 5 rings (SSSR count). The zero-order chi connectivity index (χ0) is 25.8. The number of hydrogen-bond donors (Lipinski definition) is 0. The van der Waals surface area contributed by atoms with Crippen molar-refractivity contribution in [2.24, 2.45) is 0 Å².